The summed E-state index contributed by atoms with van der Waals surface area (Å²) in [5, 5.41) is 7.41. The van der Waals surface area contributed by atoms with Crippen LogP contribution in [0.3, 0.4) is 0 Å². The summed E-state index contributed by atoms with van der Waals surface area (Å²) in [5.74, 6) is 0.202. The van der Waals surface area contributed by atoms with Crippen LogP contribution in [0.2, 0.25) is 0 Å². The minimum Gasteiger partial charge on any atom is -0.295 e. The maximum atomic E-state index is 10.7. The summed E-state index contributed by atoms with van der Waals surface area (Å²) in [5.41, 5.74) is 0.865. The van der Waals surface area contributed by atoms with Crippen molar-refractivity contribution in [1.82, 2.24) is 9.97 Å². The van der Waals surface area contributed by atoms with E-state index in [-0.39, 0.29) is 5.91 Å². The van der Waals surface area contributed by atoms with Crippen molar-refractivity contribution in [2.45, 2.75) is 6.92 Å². The Kier molecular flexibility index (Phi) is 1.94. The van der Waals surface area contributed by atoms with Crippen LogP contribution in [0.1, 0.15) is 6.92 Å². The summed E-state index contributed by atoms with van der Waals surface area (Å²) in [6, 6.07) is 0. The number of thiophene rings is 1. The van der Waals surface area contributed by atoms with E-state index in [1.54, 1.807) is 17.5 Å². The van der Waals surface area contributed by atoms with Gasteiger partial charge >= 0.3 is 0 Å². The molecule has 13 heavy (non-hydrogen) atoms. The molecule has 1 N–H and O–H groups in total. The first-order valence-corrected chi connectivity index (χ1v) is 4.66. The van der Waals surface area contributed by atoms with Crippen molar-refractivity contribution >= 4 is 34.1 Å². The molecule has 4 nitrogen and oxygen atoms in total. The van der Waals surface area contributed by atoms with Crippen molar-refractivity contribution in [3.8, 4) is 0 Å². The molecule has 1 amide bonds. The van der Waals surface area contributed by atoms with Gasteiger partial charge in [0.1, 0.15) is 0 Å². The van der Waals surface area contributed by atoms with Crippen LogP contribution in [0.25, 0.3) is 10.9 Å². The third kappa shape index (κ3) is 1.65. The predicted molar refractivity (Wildman–Crippen MR) is 51.7 cm³/mol. The standard InChI is InChI=1S/C8H7N3OS/c1-5(12)10-8-9-2-6-3-13-4-7(6)11-8/h2-4H,1H3,(H,10,11,12). The molecule has 2 heterocycles. The first-order valence-electron chi connectivity index (χ1n) is 3.72. The number of nitrogens with zero attached hydrogens (tertiary/aromatic N) is 2. The lowest BCUT2D eigenvalue weighted by atomic mass is 10.4. The molecule has 5 heteroatoms. The second-order valence-corrected chi connectivity index (χ2v) is 3.33. The van der Waals surface area contributed by atoms with Crippen molar-refractivity contribution < 1.29 is 4.79 Å². The van der Waals surface area contributed by atoms with Gasteiger partial charge < -0.3 is 0 Å². The van der Waals surface area contributed by atoms with Gasteiger partial charge in [-0.25, -0.2) is 9.97 Å². The number of carbonyl (C=O) groups is 1. The fourth-order valence-electron chi connectivity index (χ4n) is 0.979. The van der Waals surface area contributed by atoms with Crippen molar-refractivity contribution in [1.29, 1.82) is 0 Å². The number of rotatable bonds is 1. The Labute approximate surface area is 78.6 Å². The molecule has 0 atom stereocenters. The quantitative estimate of drug-likeness (QED) is 0.749. The molecule has 0 unspecified atom stereocenters. The van der Waals surface area contributed by atoms with Gasteiger partial charge in [-0.1, -0.05) is 0 Å². The zero-order valence-electron chi connectivity index (χ0n) is 6.94. The predicted octanol–water partition coefficient (Wildman–Crippen LogP) is 1.65. The molecule has 0 saturated heterocycles. The molecule has 0 radical (unpaired) electrons. The number of amides is 1. The molecule has 0 spiro atoms. The van der Waals surface area contributed by atoms with Crippen LogP contribution < -0.4 is 5.32 Å². The summed E-state index contributed by atoms with van der Waals surface area (Å²) >= 11 is 1.57. The minimum absolute atomic E-state index is 0.158. The van der Waals surface area contributed by atoms with E-state index in [9.17, 15) is 4.79 Å². The summed E-state index contributed by atoms with van der Waals surface area (Å²) in [4.78, 5) is 18.8. The third-order valence-corrected chi connectivity index (χ3v) is 2.26. The van der Waals surface area contributed by atoms with Crippen LogP contribution in [-0.4, -0.2) is 15.9 Å². The minimum atomic E-state index is -0.158. The SMILES string of the molecule is CC(=O)Nc1ncc2cscc2n1. The van der Waals surface area contributed by atoms with E-state index >= 15 is 0 Å². The fourth-order valence-corrected chi connectivity index (χ4v) is 1.69. The topological polar surface area (TPSA) is 54.9 Å². The van der Waals surface area contributed by atoms with Gasteiger partial charge in [0.05, 0.1) is 5.52 Å². The van der Waals surface area contributed by atoms with Crippen molar-refractivity contribution in [2.24, 2.45) is 0 Å². The highest BCUT2D eigenvalue weighted by Crippen LogP contribution is 2.16. The first-order chi connectivity index (χ1) is 6.25. The molecule has 0 aliphatic carbocycles. The summed E-state index contributed by atoms with van der Waals surface area (Å²) < 4.78 is 0. The molecule has 0 aromatic carbocycles. The van der Waals surface area contributed by atoms with Crippen LogP contribution in [-0.2, 0) is 4.79 Å². The molecule has 0 aliphatic rings. The highest BCUT2D eigenvalue weighted by Gasteiger charge is 2.01. The number of carbonyl (C=O) groups excluding carboxylic acids is 1. The van der Waals surface area contributed by atoms with Gasteiger partial charge in [0.2, 0.25) is 11.9 Å². The van der Waals surface area contributed by atoms with Crippen LogP contribution in [0.5, 0.6) is 0 Å². The number of anilines is 1. The smallest absolute Gasteiger partial charge is 0.229 e. The molecule has 0 bridgehead atoms. The van der Waals surface area contributed by atoms with Crippen LogP contribution in [0, 0.1) is 0 Å². The van der Waals surface area contributed by atoms with Crippen molar-refractivity contribution in [3.63, 3.8) is 0 Å². The summed E-state index contributed by atoms with van der Waals surface area (Å²) in [6.07, 6.45) is 1.70. The Bertz CT molecular complexity index is 451. The lowest BCUT2D eigenvalue weighted by molar-refractivity contribution is -0.114. The van der Waals surface area contributed by atoms with Crippen LogP contribution in [0.4, 0.5) is 5.95 Å². The average Bonchev–Trinajstić information content (AvgIpc) is 2.49. The van der Waals surface area contributed by atoms with Crippen LogP contribution in [0.15, 0.2) is 17.0 Å². The Morgan fingerprint density at radius 1 is 1.54 bits per heavy atom. The van der Waals surface area contributed by atoms with Gasteiger partial charge in [0, 0.05) is 29.3 Å². The maximum Gasteiger partial charge on any atom is 0.229 e. The van der Waals surface area contributed by atoms with E-state index in [4.69, 9.17) is 0 Å². The zero-order chi connectivity index (χ0) is 9.26. The van der Waals surface area contributed by atoms with Gasteiger partial charge in [-0.15, -0.1) is 11.3 Å². The Balaban J connectivity index is 2.42. The molecular weight excluding hydrogens is 186 g/mol. The maximum absolute atomic E-state index is 10.7. The second-order valence-electron chi connectivity index (χ2n) is 2.59. The second kappa shape index (κ2) is 3.10. The molecular formula is C8H7N3OS. The number of hydrogen-bond acceptors (Lipinski definition) is 4. The monoisotopic (exact) mass is 193 g/mol. The molecule has 0 fully saturated rings. The van der Waals surface area contributed by atoms with Gasteiger partial charge in [0.15, 0.2) is 0 Å². The largest absolute Gasteiger partial charge is 0.295 e. The van der Waals surface area contributed by atoms with Crippen molar-refractivity contribution in [2.75, 3.05) is 5.32 Å². The van der Waals surface area contributed by atoms with E-state index in [0.717, 1.165) is 10.9 Å². The van der Waals surface area contributed by atoms with Crippen molar-refractivity contribution in [3.05, 3.63) is 17.0 Å². The normalized spacial score (nSPS) is 10.2. The van der Waals surface area contributed by atoms with E-state index in [1.807, 2.05) is 10.8 Å². The van der Waals surface area contributed by atoms with E-state index in [2.05, 4.69) is 15.3 Å². The molecule has 2 rings (SSSR count). The first kappa shape index (κ1) is 8.12. The Hall–Kier alpha value is -1.49. The third-order valence-electron chi connectivity index (χ3n) is 1.51. The lowest BCUT2D eigenvalue weighted by Gasteiger charge is -1.98. The van der Waals surface area contributed by atoms with E-state index < -0.39 is 0 Å². The number of nitrogens with one attached hydrogen (secondary N) is 1. The lowest BCUT2D eigenvalue weighted by Crippen LogP contribution is -2.08. The van der Waals surface area contributed by atoms with E-state index in [1.165, 1.54) is 6.92 Å². The highest BCUT2D eigenvalue weighted by atomic mass is 32.1. The molecule has 0 saturated carbocycles. The molecule has 0 aliphatic heterocycles. The van der Waals surface area contributed by atoms with Gasteiger partial charge in [-0.2, -0.15) is 0 Å². The van der Waals surface area contributed by atoms with Gasteiger partial charge in [-0.05, 0) is 0 Å². The number of aromatic nitrogens is 2. The Morgan fingerprint density at radius 3 is 3.15 bits per heavy atom. The molecule has 2 aromatic heterocycles. The Morgan fingerprint density at radius 2 is 2.38 bits per heavy atom. The fraction of sp³-hybridized carbons (Fsp3) is 0.125. The van der Waals surface area contributed by atoms with Crippen LogP contribution >= 0.6 is 11.3 Å². The number of hydrogen-bond donors (Lipinski definition) is 1. The van der Waals surface area contributed by atoms with Gasteiger partial charge in [-0.3, -0.25) is 10.1 Å². The average molecular weight is 193 g/mol. The van der Waals surface area contributed by atoms with Gasteiger partial charge in [0.25, 0.3) is 0 Å². The highest BCUT2D eigenvalue weighted by molar-refractivity contribution is 7.09. The summed E-state index contributed by atoms with van der Waals surface area (Å²) in [7, 11) is 0. The zero-order valence-corrected chi connectivity index (χ0v) is 7.76. The number of fused-ring (bicyclic) bond motifs is 1. The summed E-state index contributed by atoms with van der Waals surface area (Å²) in [6.45, 7) is 1.43. The van der Waals surface area contributed by atoms with E-state index in [0.29, 0.717) is 5.95 Å². The molecule has 2 aromatic rings. The molecule has 66 valence electrons.